The highest BCUT2D eigenvalue weighted by Crippen LogP contribution is 2.13. The number of nitrogens with one attached hydrogen (secondary N) is 1. The molecule has 1 N–H and O–H groups in total. The van der Waals surface area contributed by atoms with Crippen LogP contribution in [0.2, 0.25) is 0 Å². The fourth-order valence-electron chi connectivity index (χ4n) is 2.51. The van der Waals surface area contributed by atoms with Crippen molar-refractivity contribution in [3.05, 3.63) is 48.5 Å². The number of benzene rings is 1. The predicted octanol–water partition coefficient (Wildman–Crippen LogP) is 1.31. The van der Waals surface area contributed by atoms with Crippen molar-refractivity contribution in [3.8, 4) is 5.69 Å². The van der Waals surface area contributed by atoms with E-state index in [2.05, 4.69) is 17.2 Å². The van der Waals surface area contributed by atoms with Gasteiger partial charge in [0.15, 0.2) is 0 Å². The standard InChI is InChI=1S/C15H18N4O/c1-12-10-18(8-6-17-12)15(20)13-3-2-4-14(9-13)19-7-5-16-11-19/h2-5,7,9,11-12,17H,6,8,10H2,1H3/t12-/m1/s1. The minimum absolute atomic E-state index is 0.0975. The van der Waals surface area contributed by atoms with Crippen molar-refractivity contribution in [2.24, 2.45) is 0 Å². The van der Waals surface area contributed by atoms with Crippen LogP contribution in [0.5, 0.6) is 0 Å². The molecule has 0 radical (unpaired) electrons. The monoisotopic (exact) mass is 270 g/mol. The second-order valence-corrected chi connectivity index (χ2v) is 5.13. The minimum Gasteiger partial charge on any atom is -0.336 e. The van der Waals surface area contributed by atoms with E-state index < -0.39 is 0 Å². The van der Waals surface area contributed by atoms with Crippen LogP contribution in [-0.4, -0.2) is 46.0 Å². The number of carbonyl (C=O) groups excluding carboxylic acids is 1. The zero-order chi connectivity index (χ0) is 13.9. The molecule has 0 aliphatic carbocycles. The van der Waals surface area contributed by atoms with Gasteiger partial charge in [-0.1, -0.05) is 6.07 Å². The van der Waals surface area contributed by atoms with Gasteiger partial charge in [-0.25, -0.2) is 4.98 Å². The van der Waals surface area contributed by atoms with Gasteiger partial charge in [0, 0.05) is 49.3 Å². The highest BCUT2D eigenvalue weighted by Gasteiger charge is 2.21. The molecular formula is C15H18N4O. The smallest absolute Gasteiger partial charge is 0.254 e. The summed E-state index contributed by atoms with van der Waals surface area (Å²) in [7, 11) is 0. The highest BCUT2D eigenvalue weighted by molar-refractivity contribution is 5.94. The zero-order valence-electron chi connectivity index (χ0n) is 11.5. The lowest BCUT2D eigenvalue weighted by atomic mass is 10.1. The summed E-state index contributed by atoms with van der Waals surface area (Å²) in [6.45, 7) is 4.47. The molecule has 3 rings (SSSR count). The van der Waals surface area contributed by atoms with Gasteiger partial charge in [0.25, 0.3) is 5.91 Å². The van der Waals surface area contributed by atoms with E-state index in [1.807, 2.05) is 39.9 Å². The average molecular weight is 270 g/mol. The molecule has 20 heavy (non-hydrogen) atoms. The second kappa shape index (κ2) is 5.46. The van der Waals surface area contributed by atoms with E-state index in [9.17, 15) is 4.79 Å². The number of piperazine rings is 1. The Morgan fingerprint density at radius 2 is 2.35 bits per heavy atom. The van der Waals surface area contributed by atoms with Crippen LogP contribution in [0.15, 0.2) is 43.0 Å². The first kappa shape index (κ1) is 12.9. The SMILES string of the molecule is C[C@@H]1CN(C(=O)c2cccc(-n3ccnc3)c2)CCN1. The van der Waals surface area contributed by atoms with Gasteiger partial charge >= 0.3 is 0 Å². The molecule has 1 aromatic heterocycles. The van der Waals surface area contributed by atoms with Crippen molar-refractivity contribution in [1.29, 1.82) is 0 Å². The van der Waals surface area contributed by atoms with Crippen LogP contribution in [0.1, 0.15) is 17.3 Å². The number of nitrogens with zero attached hydrogens (tertiary/aromatic N) is 3. The molecule has 1 aromatic carbocycles. The minimum atomic E-state index is 0.0975. The van der Waals surface area contributed by atoms with E-state index in [-0.39, 0.29) is 5.91 Å². The van der Waals surface area contributed by atoms with Gasteiger partial charge in [0.1, 0.15) is 0 Å². The van der Waals surface area contributed by atoms with Gasteiger partial charge in [-0.3, -0.25) is 4.79 Å². The first-order valence-corrected chi connectivity index (χ1v) is 6.85. The largest absolute Gasteiger partial charge is 0.336 e. The summed E-state index contributed by atoms with van der Waals surface area (Å²) in [5.41, 5.74) is 1.68. The van der Waals surface area contributed by atoms with Gasteiger partial charge < -0.3 is 14.8 Å². The molecule has 5 heteroatoms. The number of hydrogen-bond donors (Lipinski definition) is 1. The van der Waals surface area contributed by atoms with Crippen LogP contribution in [0, 0.1) is 0 Å². The molecule has 2 heterocycles. The molecule has 1 aliphatic heterocycles. The van der Waals surface area contributed by atoms with E-state index in [0.29, 0.717) is 6.04 Å². The Bertz CT molecular complexity index is 594. The van der Waals surface area contributed by atoms with Gasteiger partial charge in [0.2, 0.25) is 0 Å². The van der Waals surface area contributed by atoms with E-state index >= 15 is 0 Å². The summed E-state index contributed by atoms with van der Waals surface area (Å²) < 4.78 is 1.90. The Labute approximate surface area is 118 Å². The molecular weight excluding hydrogens is 252 g/mol. The van der Waals surface area contributed by atoms with E-state index in [4.69, 9.17) is 0 Å². The summed E-state index contributed by atoms with van der Waals surface area (Å²) in [5, 5.41) is 3.35. The molecule has 104 valence electrons. The number of imidazole rings is 1. The topological polar surface area (TPSA) is 50.2 Å². The Morgan fingerprint density at radius 1 is 1.45 bits per heavy atom. The van der Waals surface area contributed by atoms with Crippen molar-refractivity contribution >= 4 is 5.91 Å². The second-order valence-electron chi connectivity index (χ2n) is 5.13. The maximum Gasteiger partial charge on any atom is 0.254 e. The van der Waals surface area contributed by atoms with Crippen LogP contribution >= 0.6 is 0 Å². The number of amides is 1. The molecule has 0 saturated carbocycles. The lowest BCUT2D eigenvalue weighted by molar-refractivity contribution is 0.0709. The summed E-state index contributed by atoms with van der Waals surface area (Å²) in [6, 6.07) is 8.02. The fourth-order valence-corrected chi connectivity index (χ4v) is 2.51. The summed E-state index contributed by atoms with van der Waals surface area (Å²) in [4.78, 5) is 18.5. The molecule has 2 aromatic rings. The Hall–Kier alpha value is -2.14. The van der Waals surface area contributed by atoms with E-state index in [1.54, 1.807) is 12.5 Å². The molecule has 1 amide bonds. The number of carbonyl (C=O) groups is 1. The number of aromatic nitrogens is 2. The molecule has 0 unspecified atom stereocenters. The molecule has 1 aliphatic rings. The number of rotatable bonds is 2. The number of hydrogen-bond acceptors (Lipinski definition) is 3. The normalized spacial score (nSPS) is 19.1. The Morgan fingerprint density at radius 3 is 3.10 bits per heavy atom. The van der Waals surface area contributed by atoms with Crippen LogP contribution in [0.4, 0.5) is 0 Å². The first-order valence-electron chi connectivity index (χ1n) is 6.85. The van der Waals surface area contributed by atoms with Crippen molar-refractivity contribution in [1.82, 2.24) is 19.8 Å². The first-order chi connectivity index (χ1) is 9.74. The van der Waals surface area contributed by atoms with Crippen molar-refractivity contribution in [2.45, 2.75) is 13.0 Å². The molecule has 1 atom stereocenters. The van der Waals surface area contributed by atoms with Crippen LogP contribution < -0.4 is 5.32 Å². The third-order valence-electron chi connectivity index (χ3n) is 3.55. The zero-order valence-corrected chi connectivity index (χ0v) is 11.5. The highest BCUT2D eigenvalue weighted by atomic mass is 16.2. The molecule has 0 bridgehead atoms. The quantitative estimate of drug-likeness (QED) is 0.895. The predicted molar refractivity (Wildman–Crippen MR) is 76.9 cm³/mol. The Kier molecular flexibility index (Phi) is 3.52. The molecule has 1 saturated heterocycles. The van der Waals surface area contributed by atoms with Crippen LogP contribution in [0.25, 0.3) is 5.69 Å². The average Bonchev–Trinajstić information content (AvgIpc) is 3.01. The maximum absolute atomic E-state index is 12.5. The molecule has 0 spiro atoms. The summed E-state index contributed by atoms with van der Waals surface area (Å²) in [6.07, 6.45) is 5.33. The van der Waals surface area contributed by atoms with E-state index in [0.717, 1.165) is 30.9 Å². The van der Waals surface area contributed by atoms with Crippen molar-refractivity contribution < 1.29 is 4.79 Å². The summed E-state index contributed by atoms with van der Waals surface area (Å²) >= 11 is 0. The van der Waals surface area contributed by atoms with Crippen LogP contribution in [-0.2, 0) is 0 Å². The van der Waals surface area contributed by atoms with Crippen LogP contribution in [0.3, 0.4) is 0 Å². The lowest BCUT2D eigenvalue weighted by Crippen LogP contribution is -2.51. The fraction of sp³-hybridized carbons (Fsp3) is 0.333. The van der Waals surface area contributed by atoms with Gasteiger partial charge in [-0.2, -0.15) is 0 Å². The summed E-state index contributed by atoms with van der Waals surface area (Å²) in [5.74, 6) is 0.0975. The van der Waals surface area contributed by atoms with Crippen molar-refractivity contribution in [3.63, 3.8) is 0 Å². The third kappa shape index (κ3) is 2.58. The van der Waals surface area contributed by atoms with Gasteiger partial charge in [-0.05, 0) is 25.1 Å². The van der Waals surface area contributed by atoms with Crippen molar-refractivity contribution in [2.75, 3.05) is 19.6 Å². The molecule has 1 fully saturated rings. The van der Waals surface area contributed by atoms with Gasteiger partial charge in [0.05, 0.1) is 6.33 Å². The lowest BCUT2D eigenvalue weighted by Gasteiger charge is -2.32. The Balaban J connectivity index is 1.83. The maximum atomic E-state index is 12.5. The van der Waals surface area contributed by atoms with Gasteiger partial charge in [-0.15, -0.1) is 0 Å². The van der Waals surface area contributed by atoms with E-state index in [1.165, 1.54) is 0 Å². The third-order valence-corrected chi connectivity index (χ3v) is 3.55. The molecule has 5 nitrogen and oxygen atoms in total.